The Morgan fingerprint density at radius 3 is 2.80 bits per heavy atom. The Labute approximate surface area is 145 Å². The van der Waals surface area contributed by atoms with E-state index in [-0.39, 0.29) is 18.7 Å². The van der Waals surface area contributed by atoms with Crippen LogP contribution in [0.3, 0.4) is 0 Å². The van der Waals surface area contributed by atoms with Crippen LogP contribution in [0.5, 0.6) is 0 Å². The van der Waals surface area contributed by atoms with E-state index in [4.69, 9.17) is 0 Å². The lowest BCUT2D eigenvalue weighted by atomic mass is 9.92. The van der Waals surface area contributed by atoms with Crippen LogP contribution in [0.1, 0.15) is 18.4 Å². The van der Waals surface area contributed by atoms with Gasteiger partial charge in [0.2, 0.25) is 0 Å². The fourth-order valence-corrected chi connectivity index (χ4v) is 3.25. The van der Waals surface area contributed by atoms with Crippen molar-refractivity contribution in [2.75, 3.05) is 26.2 Å². The molecular formula is C17H23F2N5O. The van der Waals surface area contributed by atoms with Gasteiger partial charge in [-0.05, 0) is 44.5 Å². The van der Waals surface area contributed by atoms with Gasteiger partial charge in [0.25, 0.3) is 0 Å². The van der Waals surface area contributed by atoms with Crippen molar-refractivity contribution in [3.8, 4) is 0 Å². The lowest BCUT2D eigenvalue weighted by molar-refractivity contribution is 0.0111. The van der Waals surface area contributed by atoms with E-state index in [0.29, 0.717) is 5.92 Å². The van der Waals surface area contributed by atoms with Crippen molar-refractivity contribution in [2.24, 2.45) is 5.92 Å². The lowest BCUT2D eigenvalue weighted by Crippen LogP contribution is -2.44. The summed E-state index contributed by atoms with van der Waals surface area (Å²) in [4.78, 5) is 3.85. The van der Waals surface area contributed by atoms with E-state index in [9.17, 15) is 13.9 Å². The summed E-state index contributed by atoms with van der Waals surface area (Å²) in [6, 6.07) is 3.22. The van der Waals surface area contributed by atoms with Crippen LogP contribution in [0, 0.1) is 17.6 Å². The van der Waals surface area contributed by atoms with E-state index in [1.54, 1.807) is 0 Å². The number of nitrogens with zero attached hydrogens (tertiary/aromatic N) is 3. The maximum absolute atomic E-state index is 14.3. The zero-order chi connectivity index (χ0) is 17.7. The third kappa shape index (κ3) is 4.59. The Kier molecular flexibility index (Phi) is 5.72. The van der Waals surface area contributed by atoms with Crippen molar-refractivity contribution in [1.82, 2.24) is 25.4 Å². The summed E-state index contributed by atoms with van der Waals surface area (Å²) in [5.74, 6) is -0.923. The number of nitrogens with one attached hydrogen (secondary N) is 2. The zero-order valence-corrected chi connectivity index (χ0v) is 14.0. The predicted octanol–water partition coefficient (Wildman–Crippen LogP) is 1.03. The monoisotopic (exact) mass is 351 g/mol. The third-order valence-corrected chi connectivity index (χ3v) is 4.63. The molecule has 0 spiro atoms. The van der Waals surface area contributed by atoms with E-state index in [1.165, 1.54) is 23.4 Å². The Balaban J connectivity index is 1.73. The molecule has 3 rings (SSSR count). The number of aliphatic hydroxyl groups is 1. The summed E-state index contributed by atoms with van der Waals surface area (Å²) in [5, 5.41) is 21.7. The second-order valence-corrected chi connectivity index (χ2v) is 6.57. The minimum Gasteiger partial charge on any atom is -0.382 e. The molecule has 3 N–H and O–H groups in total. The molecule has 2 aromatic rings. The molecule has 1 aromatic carbocycles. The molecule has 2 heterocycles. The second kappa shape index (κ2) is 7.99. The van der Waals surface area contributed by atoms with E-state index in [1.807, 2.05) is 0 Å². The Morgan fingerprint density at radius 2 is 2.12 bits per heavy atom. The van der Waals surface area contributed by atoms with E-state index >= 15 is 0 Å². The van der Waals surface area contributed by atoms with Crippen molar-refractivity contribution >= 4 is 0 Å². The molecule has 25 heavy (non-hydrogen) atoms. The molecule has 0 radical (unpaired) electrons. The summed E-state index contributed by atoms with van der Waals surface area (Å²) >= 11 is 0. The molecule has 1 aliphatic rings. The normalized spacial score (nSPS) is 18.2. The highest BCUT2D eigenvalue weighted by Crippen LogP contribution is 2.26. The summed E-state index contributed by atoms with van der Waals surface area (Å²) < 4.78 is 29.0. The molecule has 6 nitrogen and oxygen atoms in total. The molecule has 0 saturated carbocycles. The van der Waals surface area contributed by atoms with Gasteiger partial charge in [0.15, 0.2) is 0 Å². The Morgan fingerprint density at radius 1 is 1.32 bits per heavy atom. The van der Waals surface area contributed by atoms with Gasteiger partial charge in [-0.25, -0.2) is 18.4 Å². The van der Waals surface area contributed by atoms with Crippen molar-refractivity contribution in [1.29, 1.82) is 0 Å². The van der Waals surface area contributed by atoms with Crippen LogP contribution in [0.25, 0.3) is 0 Å². The molecule has 0 aliphatic carbocycles. The van der Waals surface area contributed by atoms with Gasteiger partial charge in [-0.15, -0.1) is 0 Å². The van der Waals surface area contributed by atoms with Crippen molar-refractivity contribution < 1.29 is 13.9 Å². The standard InChI is InChI=1S/C17H23F2N5O/c18-14-1-2-15(16(19)7-14)17(25,10-24-12-22-11-23-24)9-21-8-13-3-5-20-6-4-13/h1-2,7,11-13,20-21,25H,3-6,8-10H2. The number of aromatic nitrogens is 3. The van der Waals surface area contributed by atoms with Crippen LogP contribution in [-0.2, 0) is 12.1 Å². The molecule has 1 aliphatic heterocycles. The molecule has 8 heteroatoms. The first-order chi connectivity index (χ1) is 12.1. The molecule has 0 amide bonds. The summed E-state index contributed by atoms with van der Waals surface area (Å²) in [6.45, 7) is 2.88. The fraction of sp³-hybridized carbons (Fsp3) is 0.529. The van der Waals surface area contributed by atoms with E-state index < -0.39 is 17.2 Å². The van der Waals surface area contributed by atoms with Crippen molar-refractivity contribution in [2.45, 2.75) is 25.0 Å². The van der Waals surface area contributed by atoms with E-state index in [2.05, 4.69) is 20.7 Å². The Hall–Kier alpha value is -1.90. The van der Waals surface area contributed by atoms with Crippen molar-refractivity contribution in [3.63, 3.8) is 0 Å². The van der Waals surface area contributed by atoms with Crippen LogP contribution in [0.4, 0.5) is 8.78 Å². The average molecular weight is 351 g/mol. The maximum Gasteiger partial charge on any atom is 0.137 e. The minimum absolute atomic E-state index is 0.0226. The molecule has 1 saturated heterocycles. The molecular weight excluding hydrogens is 328 g/mol. The first-order valence-corrected chi connectivity index (χ1v) is 8.48. The SMILES string of the molecule is OC(CNCC1CCNCC1)(Cn1cncn1)c1ccc(F)cc1F. The smallest absolute Gasteiger partial charge is 0.137 e. The molecule has 1 unspecified atom stereocenters. The fourth-order valence-electron chi connectivity index (χ4n) is 3.25. The van der Waals surface area contributed by atoms with Crippen LogP contribution in [0.2, 0.25) is 0 Å². The number of hydrogen-bond acceptors (Lipinski definition) is 5. The highest BCUT2D eigenvalue weighted by molar-refractivity contribution is 5.25. The van der Waals surface area contributed by atoms with Crippen LogP contribution >= 0.6 is 0 Å². The largest absolute Gasteiger partial charge is 0.382 e. The van der Waals surface area contributed by atoms with Gasteiger partial charge < -0.3 is 15.7 Å². The number of rotatable bonds is 7. The van der Waals surface area contributed by atoms with Gasteiger partial charge in [0.05, 0.1) is 6.54 Å². The van der Waals surface area contributed by atoms with Crippen LogP contribution in [0.15, 0.2) is 30.9 Å². The minimum atomic E-state index is -1.56. The second-order valence-electron chi connectivity index (χ2n) is 6.57. The number of benzene rings is 1. The number of hydrogen-bond donors (Lipinski definition) is 3. The highest BCUT2D eigenvalue weighted by Gasteiger charge is 2.33. The highest BCUT2D eigenvalue weighted by atomic mass is 19.1. The van der Waals surface area contributed by atoms with Crippen molar-refractivity contribution in [3.05, 3.63) is 48.1 Å². The van der Waals surface area contributed by atoms with Gasteiger partial charge in [0, 0.05) is 18.2 Å². The topological polar surface area (TPSA) is 75.0 Å². The molecule has 0 bridgehead atoms. The lowest BCUT2D eigenvalue weighted by Gasteiger charge is -2.31. The molecule has 136 valence electrons. The first-order valence-electron chi connectivity index (χ1n) is 8.48. The summed E-state index contributed by atoms with van der Waals surface area (Å²) in [5.41, 5.74) is -1.51. The maximum atomic E-state index is 14.3. The number of piperidine rings is 1. The van der Waals surface area contributed by atoms with Gasteiger partial charge >= 0.3 is 0 Å². The van der Waals surface area contributed by atoms with Gasteiger partial charge in [-0.1, -0.05) is 6.07 Å². The first kappa shape index (κ1) is 17.9. The third-order valence-electron chi connectivity index (χ3n) is 4.63. The van der Waals surface area contributed by atoms with Crippen LogP contribution < -0.4 is 10.6 Å². The average Bonchev–Trinajstić information content (AvgIpc) is 3.08. The van der Waals surface area contributed by atoms with Gasteiger partial charge in [-0.2, -0.15) is 5.10 Å². The van der Waals surface area contributed by atoms with Crippen LogP contribution in [-0.4, -0.2) is 46.1 Å². The molecule has 1 fully saturated rings. The molecule has 1 aromatic heterocycles. The quantitative estimate of drug-likeness (QED) is 0.695. The Bertz CT molecular complexity index is 676. The molecule has 1 atom stereocenters. The summed E-state index contributed by atoms with van der Waals surface area (Å²) in [6.07, 6.45) is 4.95. The predicted molar refractivity (Wildman–Crippen MR) is 88.7 cm³/mol. The van der Waals surface area contributed by atoms with Gasteiger partial charge in [-0.3, -0.25) is 0 Å². The number of halogens is 2. The zero-order valence-electron chi connectivity index (χ0n) is 14.0. The summed E-state index contributed by atoms with van der Waals surface area (Å²) in [7, 11) is 0. The van der Waals surface area contributed by atoms with Gasteiger partial charge in [0.1, 0.15) is 29.9 Å². The van der Waals surface area contributed by atoms with E-state index in [0.717, 1.165) is 44.6 Å².